The minimum Gasteiger partial charge on any atom is -0.378 e. The zero-order chi connectivity index (χ0) is 21.8. The number of nitrogens with one attached hydrogen (secondary N) is 2. The van der Waals surface area contributed by atoms with Crippen LogP contribution in [0.1, 0.15) is 55.4 Å². The van der Waals surface area contributed by atoms with Crippen LogP contribution in [-0.4, -0.2) is 42.8 Å². The molecule has 0 fully saturated rings. The highest BCUT2D eigenvalue weighted by Gasteiger charge is 2.25. The monoisotopic (exact) mass is 411 g/mol. The van der Waals surface area contributed by atoms with Crippen molar-refractivity contribution in [3.05, 3.63) is 41.2 Å². The van der Waals surface area contributed by atoms with E-state index in [1.807, 2.05) is 19.9 Å². The molecule has 30 heavy (non-hydrogen) atoms. The highest BCUT2D eigenvalue weighted by atomic mass is 16.6. The Morgan fingerprint density at radius 1 is 1.23 bits per heavy atom. The first kappa shape index (κ1) is 20.6. The van der Waals surface area contributed by atoms with E-state index in [-0.39, 0.29) is 29.2 Å². The van der Waals surface area contributed by atoms with Crippen LogP contribution in [0.4, 0.5) is 11.5 Å². The molecule has 4 N–H and O–H groups in total. The fraction of sp³-hybridized carbons (Fsp3) is 0.278. The number of nitrogen functional groups attached to an aromatic ring is 1. The molecule has 2 aromatic heterocycles. The summed E-state index contributed by atoms with van der Waals surface area (Å²) in [5.41, 5.74) is 10.7. The first-order chi connectivity index (χ1) is 14.3. The Labute approximate surface area is 171 Å². The molecule has 2 heterocycles. The van der Waals surface area contributed by atoms with E-state index in [0.29, 0.717) is 17.1 Å². The second-order valence-corrected chi connectivity index (χ2v) is 6.76. The van der Waals surface area contributed by atoms with Crippen molar-refractivity contribution in [3.8, 4) is 5.82 Å². The van der Waals surface area contributed by atoms with Crippen LogP contribution < -0.4 is 16.5 Å². The van der Waals surface area contributed by atoms with Gasteiger partial charge in [0.1, 0.15) is 0 Å². The second-order valence-electron chi connectivity index (χ2n) is 6.76. The summed E-state index contributed by atoms with van der Waals surface area (Å²) in [6.07, 6.45) is 0. The second kappa shape index (κ2) is 8.51. The van der Waals surface area contributed by atoms with Crippen molar-refractivity contribution in [1.29, 1.82) is 0 Å². The molecule has 0 saturated heterocycles. The molecule has 12 heteroatoms. The van der Waals surface area contributed by atoms with Crippen LogP contribution in [0.3, 0.4) is 0 Å². The molecule has 0 aliphatic heterocycles. The van der Waals surface area contributed by atoms with Crippen LogP contribution in [0.5, 0.6) is 0 Å². The normalized spacial score (nSPS) is 11.6. The van der Waals surface area contributed by atoms with Crippen molar-refractivity contribution < 1.29 is 14.2 Å². The van der Waals surface area contributed by atoms with E-state index in [4.69, 9.17) is 5.73 Å². The van der Waals surface area contributed by atoms with E-state index >= 15 is 0 Å². The maximum atomic E-state index is 12.7. The standard InChI is InChI=1S/C18H21N9O3/c1-9(2)15-14(22-26-27(15)17-16(19)24-30-25-17)18(29)23-21-10(3)12-6-5-7-13(8-12)20-11(4)28/h5-9H,1-4H3,(H2,19,24)(H,20,28)(H,23,29)/b21-10+. The Morgan fingerprint density at radius 2 is 2.00 bits per heavy atom. The number of benzene rings is 1. The van der Waals surface area contributed by atoms with Gasteiger partial charge in [-0.2, -0.15) is 9.78 Å². The van der Waals surface area contributed by atoms with Crippen molar-refractivity contribution in [2.24, 2.45) is 5.10 Å². The molecule has 0 atom stereocenters. The van der Waals surface area contributed by atoms with E-state index < -0.39 is 5.91 Å². The van der Waals surface area contributed by atoms with Crippen LogP contribution in [0.2, 0.25) is 0 Å². The molecule has 0 unspecified atom stereocenters. The number of amides is 2. The number of carbonyl (C=O) groups excluding carboxylic acids is 2. The number of hydrogen-bond acceptors (Lipinski definition) is 9. The average molecular weight is 411 g/mol. The molecule has 1 aromatic carbocycles. The molecule has 3 rings (SSSR count). The van der Waals surface area contributed by atoms with Gasteiger partial charge in [0.2, 0.25) is 17.5 Å². The Hall–Kier alpha value is -4.09. The molecule has 0 radical (unpaired) electrons. The van der Waals surface area contributed by atoms with Crippen LogP contribution in [0.15, 0.2) is 34.0 Å². The predicted molar refractivity (Wildman–Crippen MR) is 108 cm³/mol. The fourth-order valence-electron chi connectivity index (χ4n) is 2.74. The van der Waals surface area contributed by atoms with Crippen molar-refractivity contribution in [2.75, 3.05) is 11.1 Å². The number of hydrogen-bond donors (Lipinski definition) is 3. The lowest BCUT2D eigenvalue weighted by Crippen LogP contribution is -2.22. The molecule has 0 spiro atoms. The highest BCUT2D eigenvalue weighted by molar-refractivity contribution is 6.02. The Kier molecular flexibility index (Phi) is 5.85. The zero-order valence-electron chi connectivity index (χ0n) is 16.9. The molecule has 0 aliphatic rings. The topological polar surface area (TPSA) is 166 Å². The maximum absolute atomic E-state index is 12.7. The number of anilines is 2. The van der Waals surface area contributed by atoms with Gasteiger partial charge in [-0.3, -0.25) is 9.59 Å². The van der Waals surface area contributed by atoms with Crippen LogP contribution in [-0.2, 0) is 4.79 Å². The summed E-state index contributed by atoms with van der Waals surface area (Å²) in [6, 6.07) is 7.10. The van der Waals surface area contributed by atoms with Gasteiger partial charge in [-0.1, -0.05) is 31.2 Å². The van der Waals surface area contributed by atoms with E-state index in [1.54, 1.807) is 25.1 Å². The van der Waals surface area contributed by atoms with Gasteiger partial charge in [0, 0.05) is 12.6 Å². The van der Waals surface area contributed by atoms with E-state index in [0.717, 1.165) is 5.56 Å². The number of carbonyl (C=O) groups is 2. The van der Waals surface area contributed by atoms with Gasteiger partial charge in [-0.15, -0.1) is 5.10 Å². The van der Waals surface area contributed by atoms with E-state index in [1.165, 1.54) is 11.6 Å². The lowest BCUT2D eigenvalue weighted by Gasteiger charge is -2.09. The molecule has 0 aliphatic carbocycles. The summed E-state index contributed by atoms with van der Waals surface area (Å²) in [5.74, 6) is -0.669. The summed E-state index contributed by atoms with van der Waals surface area (Å²) in [4.78, 5) is 23.9. The lowest BCUT2D eigenvalue weighted by atomic mass is 10.1. The van der Waals surface area contributed by atoms with Crippen LogP contribution in [0, 0.1) is 0 Å². The van der Waals surface area contributed by atoms with E-state index in [9.17, 15) is 9.59 Å². The minimum atomic E-state index is -0.544. The number of rotatable bonds is 6. The summed E-state index contributed by atoms with van der Waals surface area (Å²) < 4.78 is 5.92. The summed E-state index contributed by atoms with van der Waals surface area (Å²) in [6.45, 7) is 6.90. The Bertz CT molecular complexity index is 1110. The Balaban J connectivity index is 1.84. The molecular formula is C18H21N9O3. The van der Waals surface area contributed by atoms with E-state index in [2.05, 4.69) is 41.1 Å². The number of nitrogens with two attached hydrogens (primary N) is 1. The molecule has 156 valence electrons. The fourth-order valence-corrected chi connectivity index (χ4v) is 2.74. The first-order valence-electron chi connectivity index (χ1n) is 9.04. The van der Waals surface area contributed by atoms with Gasteiger partial charge < -0.3 is 11.1 Å². The molecule has 0 bridgehead atoms. The highest BCUT2D eigenvalue weighted by Crippen LogP contribution is 2.22. The summed E-state index contributed by atoms with van der Waals surface area (Å²) >= 11 is 0. The molecule has 2 amide bonds. The third-order valence-corrected chi connectivity index (χ3v) is 4.09. The molecular weight excluding hydrogens is 390 g/mol. The average Bonchev–Trinajstić information content (AvgIpc) is 3.31. The molecule has 12 nitrogen and oxygen atoms in total. The van der Waals surface area contributed by atoms with Gasteiger partial charge in [0.15, 0.2) is 5.69 Å². The van der Waals surface area contributed by atoms with Crippen molar-refractivity contribution in [2.45, 2.75) is 33.6 Å². The smallest absolute Gasteiger partial charge is 0.293 e. The number of hydrazone groups is 1. The van der Waals surface area contributed by atoms with Gasteiger partial charge in [-0.25, -0.2) is 10.1 Å². The SMILES string of the molecule is CC(=O)Nc1cccc(/C(C)=N/NC(=O)c2nnn(-c3nonc3N)c2C(C)C)c1. The van der Waals surface area contributed by atoms with Crippen molar-refractivity contribution in [1.82, 2.24) is 30.7 Å². The van der Waals surface area contributed by atoms with Crippen molar-refractivity contribution >= 4 is 29.0 Å². The maximum Gasteiger partial charge on any atom is 0.293 e. The van der Waals surface area contributed by atoms with Crippen molar-refractivity contribution in [3.63, 3.8) is 0 Å². The molecule has 0 saturated carbocycles. The van der Waals surface area contributed by atoms with Crippen LogP contribution >= 0.6 is 0 Å². The van der Waals surface area contributed by atoms with Gasteiger partial charge in [0.05, 0.1) is 11.4 Å². The third kappa shape index (κ3) is 4.32. The zero-order valence-corrected chi connectivity index (χ0v) is 16.9. The predicted octanol–water partition coefficient (Wildman–Crippen LogP) is 1.47. The third-order valence-electron chi connectivity index (χ3n) is 4.09. The molecule has 3 aromatic rings. The number of nitrogens with zero attached hydrogens (tertiary/aromatic N) is 6. The summed E-state index contributed by atoms with van der Waals surface area (Å²) in [5, 5.41) is 22.0. The first-order valence-corrected chi connectivity index (χ1v) is 9.04. The number of aromatic nitrogens is 5. The largest absolute Gasteiger partial charge is 0.378 e. The summed E-state index contributed by atoms with van der Waals surface area (Å²) in [7, 11) is 0. The van der Waals surface area contributed by atoms with Crippen LogP contribution in [0.25, 0.3) is 5.82 Å². The quantitative estimate of drug-likeness (QED) is 0.405. The lowest BCUT2D eigenvalue weighted by molar-refractivity contribution is -0.114. The minimum absolute atomic E-state index is 0.0293. The Morgan fingerprint density at radius 3 is 2.63 bits per heavy atom. The van der Waals surface area contributed by atoms with Gasteiger partial charge in [0.25, 0.3) is 5.91 Å². The van der Waals surface area contributed by atoms with Gasteiger partial charge in [-0.05, 0) is 40.9 Å². The van der Waals surface area contributed by atoms with Gasteiger partial charge >= 0.3 is 0 Å².